The number of nitro groups is 1. The van der Waals surface area contributed by atoms with Crippen LogP contribution in [0.1, 0.15) is 5.56 Å². The molecule has 7 nitrogen and oxygen atoms in total. The van der Waals surface area contributed by atoms with Gasteiger partial charge in [0, 0.05) is 18.6 Å². The molecule has 0 saturated heterocycles. The number of nitro benzene ring substituents is 1. The number of nitrogens with zero attached hydrogens (tertiary/aromatic N) is 5. The molecule has 0 N–H and O–H groups in total. The molecule has 112 valence electrons. The van der Waals surface area contributed by atoms with Gasteiger partial charge in [-0.3, -0.25) is 10.1 Å². The van der Waals surface area contributed by atoms with Gasteiger partial charge >= 0.3 is 0 Å². The Bertz CT molecular complexity index is 787. The molecule has 2 aromatic rings. The van der Waals surface area contributed by atoms with Crippen LogP contribution in [0.3, 0.4) is 0 Å². The van der Waals surface area contributed by atoms with E-state index in [9.17, 15) is 20.6 Å². The Morgan fingerprint density at radius 2 is 1.65 bits per heavy atom. The van der Waals surface area contributed by atoms with E-state index in [1.165, 1.54) is 24.3 Å². The molecule has 7 heteroatoms. The molecule has 0 atom stereocenters. The fourth-order valence-electron chi connectivity index (χ4n) is 1.86. The number of hydrogen-bond donors (Lipinski definition) is 0. The number of benzene rings is 2. The molecule has 0 amide bonds. The predicted molar refractivity (Wildman–Crippen MR) is 81.7 cm³/mol. The van der Waals surface area contributed by atoms with Crippen LogP contribution in [0, 0.1) is 32.8 Å². The molecule has 0 fully saturated rings. The Kier molecular flexibility index (Phi) is 4.75. The molecule has 2 rings (SSSR count). The quantitative estimate of drug-likeness (QED) is 0.475. The van der Waals surface area contributed by atoms with Gasteiger partial charge < -0.3 is 0 Å². The van der Waals surface area contributed by atoms with E-state index in [0.29, 0.717) is 5.69 Å². The zero-order valence-corrected chi connectivity index (χ0v) is 12.0. The number of azo groups is 1. The van der Waals surface area contributed by atoms with Crippen LogP contribution in [0.5, 0.6) is 0 Å². The first kappa shape index (κ1) is 15.8. The van der Waals surface area contributed by atoms with Crippen molar-refractivity contribution in [1.29, 1.82) is 10.5 Å². The molecule has 0 bridgehead atoms. The average molecular weight is 305 g/mol. The summed E-state index contributed by atoms with van der Waals surface area (Å²) in [6, 6.07) is 18.2. The van der Waals surface area contributed by atoms with Crippen molar-refractivity contribution in [3.05, 3.63) is 70.3 Å². The predicted octanol–water partition coefficient (Wildman–Crippen LogP) is 3.71. The molecule has 0 heterocycles. The normalized spacial score (nSPS) is 10.9. The van der Waals surface area contributed by atoms with E-state index in [4.69, 9.17) is 0 Å². The summed E-state index contributed by atoms with van der Waals surface area (Å²) in [4.78, 5) is 10.1. The molecule has 0 unspecified atom stereocenters. The van der Waals surface area contributed by atoms with Crippen molar-refractivity contribution in [2.24, 2.45) is 10.2 Å². The maximum absolute atomic E-state index is 10.6. The highest BCUT2D eigenvalue weighted by molar-refractivity contribution is 5.44. The zero-order valence-electron chi connectivity index (χ0n) is 12.0. The monoisotopic (exact) mass is 305 g/mol. The minimum absolute atomic E-state index is 0.0694. The Morgan fingerprint density at radius 1 is 1.04 bits per heavy atom. The molecule has 0 saturated carbocycles. The fraction of sp³-hybridized carbons (Fsp3) is 0.125. The van der Waals surface area contributed by atoms with Gasteiger partial charge in [0.2, 0.25) is 0 Å². The summed E-state index contributed by atoms with van der Waals surface area (Å²) < 4.78 is 0. The molecule has 0 spiro atoms. The van der Waals surface area contributed by atoms with Gasteiger partial charge in [-0.05, 0) is 17.7 Å². The van der Waals surface area contributed by atoms with Gasteiger partial charge in [0.1, 0.15) is 12.1 Å². The van der Waals surface area contributed by atoms with Gasteiger partial charge in [-0.15, -0.1) is 0 Å². The second-order valence-electron chi connectivity index (χ2n) is 4.72. The van der Waals surface area contributed by atoms with Gasteiger partial charge in [-0.1, -0.05) is 30.3 Å². The number of nitriles is 2. The van der Waals surface area contributed by atoms with Gasteiger partial charge in [0.25, 0.3) is 11.2 Å². The van der Waals surface area contributed by atoms with Crippen LogP contribution in [-0.4, -0.2) is 10.5 Å². The molecule has 0 aliphatic heterocycles. The maximum atomic E-state index is 10.6. The van der Waals surface area contributed by atoms with E-state index in [0.717, 1.165) is 5.56 Å². The topological polar surface area (TPSA) is 115 Å². The first-order valence-electron chi connectivity index (χ1n) is 6.62. The minimum Gasteiger partial charge on any atom is -0.258 e. The molecule has 0 aromatic heterocycles. The Balaban J connectivity index is 2.23. The van der Waals surface area contributed by atoms with Crippen LogP contribution in [-0.2, 0) is 6.42 Å². The Labute approximate surface area is 132 Å². The Morgan fingerprint density at radius 3 is 2.17 bits per heavy atom. The van der Waals surface area contributed by atoms with E-state index in [1.54, 1.807) is 12.1 Å². The van der Waals surface area contributed by atoms with Crippen LogP contribution < -0.4 is 0 Å². The lowest BCUT2D eigenvalue weighted by Gasteiger charge is -2.11. The van der Waals surface area contributed by atoms with Gasteiger partial charge in [-0.25, -0.2) is 0 Å². The highest BCUT2D eigenvalue weighted by atomic mass is 16.6. The van der Waals surface area contributed by atoms with E-state index in [2.05, 4.69) is 10.2 Å². The first-order valence-corrected chi connectivity index (χ1v) is 6.62. The lowest BCUT2D eigenvalue weighted by atomic mass is 9.95. The second kappa shape index (κ2) is 6.92. The average Bonchev–Trinajstić information content (AvgIpc) is 2.60. The van der Waals surface area contributed by atoms with Crippen LogP contribution in [0.4, 0.5) is 11.4 Å². The highest BCUT2D eigenvalue weighted by Crippen LogP contribution is 2.22. The van der Waals surface area contributed by atoms with Crippen molar-refractivity contribution in [2.45, 2.75) is 12.0 Å². The summed E-state index contributed by atoms with van der Waals surface area (Å²) in [6.45, 7) is 0. The SMILES string of the molecule is N#CC(C#N)(Cc1ccccc1)N=Nc1ccc([N+](=O)[O-])cc1. The lowest BCUT2D eigenvalue weighted by Crippen LogP contribution is -2.24. The van der Waals surface area contributed by atoms with Crippen molar-refractivity contribution < 1.29 is 4.92 Å². The van der Waals surface area contributed by atoms with Crippen molar-refractivity contribution in [1.82, 2.24) is 0 Å². The molecule has 0 aliphatic carbocycles. The molecule has 23 heavy (non-hydrogen) atoms. The third-order valence-electron chi connectivity index (χ3n) is 3.07. The maximum Gasteiger partial charge on any atom is 0.269 e. The summed E-state index contributed by atoms with van der Waals surface area (Å²) >= 11 is 0. The third kappa shape index (κ3) is 3.96. The van der Waals surface area contributed by atoms with Crippen molar-refractivity contribution >= 4 is 11.4 Å². The number of rotatable bonds is 5. The lowest BCUT2D eigenvalue weighted by molar-refractivity contribution is -0.384. The second-order valence-corrected chi connectivity index (χ2v) is 4.72. The fourth-order valence-corrected chi connectivity index (χ4v) is 1.86. The molecule has 0 radical (unpaired) electrons. The van der Waals surface area contributed by atoms with E-state index in [1.807, 2.05) is 30.3 Å². The van der Waals surface area contributed by atoms with Crippen molar-refractivity contribution in [3.8, 4) is 12.1 Å². The third-order valence-corrected chi connectivity index (χ3v) is 3.07. The van der Waals surface area contributed by atoms with Gasteiger partial charge in [-0.2, -0.15) is 20.8 Å². The highest BCUT2D eigenvalue weighted by Gasteiger charge is 2.30. The summed E-state index contributed by atoms with van der Waals surface area (Å²) in [5.41, 5.74) is -0.583. The van der Waals surface area contributed by atoms with Crippen LogP contribution in [0.15, 0.2) is 64.8 Å². The Hall–Kier alpha value is -3.58. The number of non-ortho nitro benzene ring substituents is 1. The largest absolute Gasteiger partial charge is 0.269 e. The molecular formula is C16H11N5O2. The van der Waals surface area contributed by atoms with Crippen LogP contribution in [0.2, 0.25) is 0 Å². The van der Waals surface area contributed by atoms with E-state index >= 15 is 0 Å². The minimum atomic E-state index is -1.64. The summed E-state index contributed by atoms with van der Waals surface area (Å²) in [6.07, 6.45) is 0.108. The summed E-state index contributed by atoms with van der Waals surface area (Å²) in [7, 11) is 0. The zero-order chi connectivity index (χ0) is 16.7. The molecule has 0 aliphatic rings. The van der Waals surface area contributed by atoms with E-state index in [-0.39, 0.29) is 12.1 Å². The van der Waals surface area contributed by atoms with Crippen LogP contribution in [0.25, 0.3) is 0 Å². The van der Waals surface area contributed by atoms with Crippen molar-refractivity contribution in [2.75, 3.05) is 0 Å². The van der Waals surface area contributed by atoms with Gasteiger partial charge in [0.15, 0.2) is 0 Å². The van der Waals surface area contributed by atoms with E-state index < -0.39 is 10.5 Å². The number of hydrogen-bond acceptors (Lipinski definition) is 6. The standard InChI is InChI=1S/C16H11N5O2/c17-11-16(12-18,10-13-4-2-1-3-5-13)20-19-14-6-8-15(9-7-14)21(22)23/h1-9H,10H2. The van der Waals surface area contributed by atoms with Crippen molar-refractivity contribution in [3.63, 3.8) is 0 Å². The molecule has 2 aromatic carbocycles. The van der Waals surface area contributed by atoms with Crippen LogP contribution >= 0.6 is 0 Å². The summed E-state index contributed by atoms with van der Waals surface area (Å²) in [5.74, 6) is 0. The molecular weight excluding hydrogens is 294 g/mol. The smallest absolute Gasteiger partial charge is 0.258 e. The summed E-state index contributed by atoms with van der Waals surface area (Å²) in [5, 5.41) is 37.0. The van der Waals surface area contributed by atoms with Gasteiger partial charge in [0.05, 0.1) is 10.6 Å². The first-order chi connectivity index (χ1) is 11.1.